The van der Waals surface area contributed by atoms with Crippen molar-refractivity contribution in [2.45, 2.75) is 25.2 Å². The second kappa shape index (κ2) is 7.03. The van der Waals surface area contributed by atoms with Gasteiger partial charge in [-0.15, -0.1) is 0 Å². The molecule has 3 rings (SSSR count). The molecule has 1 aliphatic rings. The van der Waals surface area contributed by atoms with Gasteiger partial charge in [-0.1, -0.05) is 30.8 Å². The number of amides is 1. The van der Waals surface area contributed by atoms with E-state index in [1.165, 1.54) is 23.7 Å². The maximum atomic E-state index is 12.5. The summed E-state index contributed by atoms with van der Waals surface area (Å²) in [7, 11) is 0. The number of benzene rings is 2. The van der Waals surface area contributed by atoms with Gasteiger partial charge >= 0.3 is 0 Å². The van der Waals surface area contributed by atoms with E-state index >= 15 is 0 Å². The normalized spacial score (nSPS) is 14.5. The average molecular weight is 352 g/mol. The zero-order valence-electron chi connectivity index (χ0n) is 13.9. The highest BCUT2D eigenvalue weighted by atomic mass is 32.2. The summed E-state index contributed by atoms with van der Waals surface area (Å²) in [5, 5.41) is 5.81. The number of ketones is 2. The molecule has 0 aromatic heterocycles. The van der Waals surface area contributed by atoms with Crippen molar-refractivity contribution in [2.75, 3.05) is 5.01 Å². The molecule has 0 saturated heterocycles. The van der Waals surface area contributed by atoms with Gasteiger partial charge in [-0.3, -0.25) is 14.4 Å². The SMILES string of the molecule is CCC(=O)N(/N=C1\Sc2ccccc2C1=O)c1ccc(C(C)=O)cc1. The Kier molecular flexibility index (Phi) is 4.81. The second-order valence-electron chi connectivity index (χ2n) is 5.49. The molecule has 5 nitrogen and oxygen atoms in total. The lowest BCUT2D eigenvalue weighted by atomic mass is 10.1. The molecule has 0 saturated carbocycles. The van der Waals surface area contributed by atoms with Crippen LogP contribution in [-0.2, 0) is 4.79 Å². The Morgan fingerprint density at radius 2 is 1.76 bits per heavy atom. The molecule has 0 bridgehead atoms. The van der Waals surface area contributed by atoms with Crippen LogP contribution in [0.4, 0.5) is 5.69 Å². The number of carbonyl (C=O) groups is 3. The molecule has 1 amide bonds. The maximum absolute atomic E-state index is 12.5. The van der Waals surface area contributed by atoms with Crippen molar-refractivity contribution in [2.24, 2.45) is 5.10 Å². The average Bonchev–Trinajstić information content (AvgIpc) is 2.95. The number of rotatable bonds is 4. The molecule has 0 aliphatic carbocycles. The number of carbonyl (C=O) groups excluding carboxylic acids is 3. The van der Waals surface area contributed by atoms with Gasteiger partial charge in [0.15, 0.2) is 10.8 Å². The van der Waals surface area contributed by atoms with Gasteiger partial charge in [-0.05, 0) is 43.3 Å². The molecule has 126 valence electrons. The van der Waals surface area contributed by atoms with Crippen LogP contribution in [0, 0.1) is 0 Å². The molecule has 1 heterocycles. The van der Waals surface area contributed by atoms with Gasteiger partial charge in [-0.2, -0.15) is 10.1 Å². The van der Waals surface area contributed by atoms with Gasteiger partial charge in [0.1, 0.15) is 0 Å². The third-order valence-corrected chi connectivity index (χ3v) is 4.82. The summed E-state index contributed by atoms with van der Waals surface area (Å²) >= 11 is 1.26. The maximum Gasteiger partial charge on any atom is 0.247 e. The first-order valence-corrected chi connectivity index (χ1v) is 8.67. The molecule has 1 aliphatic heterocycles. The topological polar surface area (TPSA) is 66.8 Å². The highest BCUT2D eigenvalue weighted by Crippen LogP contribution is 2.34. The highest BCUT2D eigenvalue weighted by Gasteiger charge is 2.29. The number of hydrogen-bond acceptors (Lipinski definition) is 5. The standard InChI is InChI=1S/C19H16N2O3S/c1-3-17(23)21(14-10-8-13(9-11-14)12(2)22)20-19-18(24)15-6-4-5-7-16(15)25-19/h4-11H,3H2,1-2H3/b20-19-. The number of hydrogen-bond donors (Lipinski definition) is 0. The van der Waals surface area contributed by atoms with Crippen LogP contribution in [0.15, 0.2) is 58.5 Å². The highest BCUT2D eigenvalue weighted by molar-refractivity contribution is 8.16. The van der Waals surface area contributed by atoms with Crippen LogP contribution in [0.3, 0.4) is 0 Å². The summed E-state index contributed by atoms with van der Waals surface area (Å²) in [6, 6.07) is 13.9. The first-order valence-electron chi connectivity index (χ1n) is 7.85. The van der Waals surface area contributed by atoms with Crippen molar-refractivity contribution in [1.29, 1.82) is 0 Å². The number of fused-ring (bicyclic) bond motifs is 1. The first kappa shape index (κ1) is 17.1. The van der Waals surface area contributed by atoms with Crippen LogP contribution in [0.5, 0.6) is 0 Å². The van der Waals surface area contributed by atoms with E-state index in [-0.39, 0.29) is 28.9 Å². The minimum Gasteiger partial charge on any atom is -0.295 e. The number of Topliss-reactive ketones (excluding diaryl/α,β-unsaturated/α-hetero) is 2. The van der Waals surface area contributed by atoms with E-state index < -0.39 is 0 Å². The molecule has 2 aromatic rings. The fourth-order valence-electron chi connectivity index (χ4n) is 2.41. The van der Waals surface area contributed by atoms with Gasteiger partial charge < -0.3 is 0 Å². The van der Waals surface area contributed by atoms with Crippen LogP contribution >= 0.6 is 11.8 Å². The fraction of sp³-hybridized carbons (Fsp3) is 0.158. The van der Waals surface area contributed by atoms with Gasteiger partial charge in [-0.25, -0.2) is 0 Å². The monoisotopic (exact) mass is 352 g/mol. The third-order valence-electron chi connectivity index (χ3n) is 3.78. The molecule has 0 radical (unpaired) electrons. The van der Waals surface area contributed by atoms with E-state index in [9.17, 15) is 14.4 Å². The number of thioether (sulfide) groups is 1. The summed E-state index contributed by atoms with van der Waals surface area (Å²) in [5.41, 5.74) is 1.68. The Morgan fingerprint density at radius 1 is 1.08 bits per heavy atom. The zero-order valence-corrected chi connectivity index (χ0v) is 14.7. The summed E-state index contributed by atoms with van der Waals surface area (Å²) in [6.45, 7) is 3.22. The Morgan fingerprint density at radius 3 is 2.36 bits per heavy atom. The molecule has 0 N–H and O–H groups in total. The van der Waals surface area contributed by atoms with E-state index in [4.69, 9.17) is 0 Å². The van der Waals surface area contributed by atoms with Crippen molar-refractivity contribution < 1.29 is 14.4 Å². The van der Waals surface area contributed by atoms with Crippen LogP contribution in [0.2, 0.25) is 0 Å². The molecule has 25 heavy (non-hydrogen) atoms. The lowest BCUT2D eigenvalue weighted by Gasteiger charge is -2.17. The molecule has 0 unspecified atom stereocenters. The summed E-state index contributed by atoms with van der Waals surface area (Å²) in [5.74, 6) is -0.467. The Bertz CT molecular complexity index is 888. The fourth-order valence-corrected chi connectivity index (χ4v) is 3.36. The Balaban J connectivity index is 1.96. The first-order chi connectivity index (χ1) is 12.0. The predicted molar refractivity (Wildman–Crippen MR) is 98.3 cm³/mol. The van der Waals surface area contributed by atoms with E-state index in [1.54, 1.807) is 43.3 Å². The minimum absolute atomic E-state index is 0.0526. The molecule has 0 spiro atoms. The molecule has 6 heteroatoms. The van der Waals surface area contributed by atoms with Crippen LogP contribution in [0.25, 0.3) is 0 Å². The molecule has 0 atom stereocenters. The van der Waals surface area contributed by atoms with Crippen LogP contribution < -0.4 is 5.01 Å². The van der Waals surface area contributed by atoms with Gasteiger partial charge in [0.2, 0.25) is 11.7 Å². The molecular formula is C19H16N2O3S. The van der Waals surface area contributed by atoms with Crippen molar-refractivity contribution in [3.8, 4) is 0 Å². The van der Waals surface area contributed by atoms with E-state index in [1.807, 2.05) is 12.1 Å². The minimum atomic E-state index is -0.229. The zero-order chi connectivity index (χ0) is 18.0. The van der Waals surface area contributed by atoms with E-state index in [2.05, 4.69) is 5.10 Å². The van der Waals surface area contributed by atoms with Crippen molar-refractivity contribution in [3.05, 3.63) is 59.7 Å². The summed E-state index contributed by atoms with van der Waals surface area (Å²) in [6.07, 6.45) is 0.247. The third kappa shape index (κ3) is 3.39. The summed E-state index contributed by atoms with van der Waals surface area (Å²) < 4.78 is 0. The van der Waals surface area contributed by atoms with E-state index in [0.717, 1.165) is 4.90 Å². The number of anilines is 1. The number of nitrogens with zero attached hydrogens (tertiary/aromatic N) is 2. The van der Waals surface area contributed by atoms with Gasteiger partial charge in [0.05, 0.1) is 5.69 Å². The van der Waals surface area contributed by atoms with Crippen LogP contribution in [0.1, 0.15) is 41.0 Å². The lowest BCUT2D eigenvalue weighted by Crippen LogP contribution is -2.26. The van der Waals surface area contributed by atoms with E-state index in [0.29, 0.717) is 16.8 Å². The molecule has 2 aromatic carbocycles. The van der Waals surface area contributed by atoms with Gasteiger partial charge in [0.25, 0.3) is 0 Å². The molecule has 0 fully saturated rings. The smallest absolute Gasteiger partial charge is 0.247 e. The Hall–Kier alpha value is -2.73. The number of hydrazone groups is 1. The van der Waals surface area contributed by atoms with Crippen molar-refractivity contribution in [3.63, 3.8) is 0 Å². The predicted octanol–water partition coefficient (Wildman–Crippen LogP) is 3.93. The quantitative estimate of drug-likeness (QED) is 0.617. The van der Waals surface area contributed by atoms with Crippen LogP contribution in [-0.4, -0.2) is 22.5 Å². The lowest BCUT2D eigenvalue weighted by molar-refractivity contribution is -0.118. The van der Waals surface area contributed by atoms with Gasteiger partial charge in [0, 0.05) is 22.4 Å². The van der Waals surface area contributed by atoms with Crippen molar-refractivity contribution >= 4 is 40.0 Å². The molecular weight excluding hydrogens is 336 g/mol. The largest absolute Gasteiger partial charge is 0.295 e. The summed E-state index contributed by atoms with van der Waals surface area (Å²) in [4.78, 5) is 37.1. The second-order valence-corrected chi connectivity index (χ2v) is 6.53. The Labute approximate surface area is 149 Å². The van der Waals surface area contributed by atoms with Crippen molar-refractivity contribution in [1.82, 2.24) is 0 Å².